The summed E-state index contributed by atoms with van der Waals surface area (Å²) in [6.45, 7) is 0.403. The highest BCUT2D eigenvalue weighted by atomic mass is 35.5. The highest BCUT2D eigenvalue weighted by Gasteiger charge is 2.18. The summed E-state index contributed by atoms with van der Waals surface area (Å²) >= 11 is 5.76. The molecule has 23 heavy (non-hydrogen) atoms. The number of pyridine rings is 1. The number of halogens is 1. The van der Waals surface area contributed by atoms with Gasteiger partial charge in [-0.15, -0.1) is 0 Å². The van der Waals surface area contributed by atoms with Gasteiger partial charge in [-0.25, -0.2) is 0 Å². The third-order valence-corrected chi connectivity index (χ3v) is 3.45. The van der Waals surface area contributed by atoms with Crippen molar-refractivity contribution in [2.75, 3.05) is 5.32 Å². The molecule has 0 radical (unpaired) electrons. The minimum atomic E-state index is -1.28. The molecule has 1 amide bonds. The summed E-state index contributed by atoms with van der Waals surface area (Å²) in [6.07, 6.45) is 3.10. The number of nitrogens with one attached hydrogen (secondary N) is 1. The molecule has 2 rings (SSSR count). The zero-order chi connectivity index (χ0) is 16.7. The van der Waals surface area contributed by atoms with E-state index in [0.717, 1.165) is 5.56 Å². The Balaban J connectivity index is 1.89. The number of hydrogen-bond acceptors (Lipinski definition) is 4. The van der Waals surface area contributed by atoms with Gasteiger partial charge in [0.05, 0.1) is 12.4 Å². The lowest BCUT2D eigenvalue weighted by Gasteiger charge is -2.16. The van der Waals surface area contributed by atoms with E-state index in [0.29, 0.717) is 17.3 Å². The quantitative estimate of drug-likeness (QED) is 0.742. The Bertz CT molecular complexity index is 662. The maximum Gasteiger partial charge on any atom is 0.230 e. The van der Waals surface area contributed by atoms with Gasteiger partial charge in [0.25, 0.3) is 0 Å². The van der Waals surface area contributed by atoms with E-state index in [1.807, 2.05) is 6.07 Å². The van der Waals surface area contributed by atoms with Gasteiger partial charge in [-0.2, -0.15) is 0 Å². The fourth-order valence-corrected chi connectivity index (χ4v) is 2.13. The number of carbonyl (C=O) groups excluding carboxylic acids is 2. The van der Waals surface area contributed by atoms with Gasteiger partial charge in [-0.1, -0.05) is 17.7 Å². The minimum Gasteiger partial charge on any atom is -0.544 e. The predicted octanol–water partition coefficient (Wildman–Crippen LogP) is -0.0543. The van der Waals surface area contributed by atoms with Crippen molar-refractivity contribution >= 4 is 29.2 Å². The number of benzene rings is 1. The topological polar surface area (TPSA) is 98.7 Å². The highest BCUT2D eigenvalue weighted by Crippen LogP contribution is 2.13. The van der Waals surface area contributed by atoms with Crippen molar-refractivity contribution in [1.82, 2.24) is 4.98 Å². The molecular weight excluding hydrogens is 318 g/mol. The first kappa shape index (κ1) is 16.9. The van der Waals surface area contributed by atoms with Crippen LogP contribution in [0.4, 0.5) is 5.69 Å². The van der Waals surface area contributed by atoms with E-state index in [4.69, 9.17) is 11.6 Å². The number of amides is 1. The lowest BCUT2D eigenvalue weighted by molar-refractivity contribution is -0.697. The molecule has 0 saturated heterocycles. The number of quaternary nitrogens is 1. The zero-order valence-electron chi connectivity index (χ0n) is 12.2. The predicted molar refractivity (Wildman–Crippen MR) is 83.4 cm³/mol. The van der Waals surface area contributed by atoms with Crippen LogP contribution >= 0.6 is 11.6 Å². The van der Waals surface area contributed by atoms with Crippen LogP contribution in [0.25, 0.3) is 0 Å². The number of carboxylic acids is 1. The van der Waals surface area contributed by atoms with E-state index in [9.17, 15) is 14.7 Å². The third-order valence-electron chi connectivity index (χ3n) is 3.20. The average molecular weight is 334 g/mol. The van der Waals surface area contributed by atoms with Crippen LogP contribution in [0.2, 0.25) is 5.02 Å². The van der Waals surface area contributed by atoms with Crippen LogP contribution in [0.15, 0.2) is 48.8 Å². The van der Waals surface area contributed by atoms with E-state index in [-0.39, 0.29) is 6.42 Å². The van der Waals surface area contributed by atoms with Crippen LogP contribution < -0.4 is 15.7 Å². The van der Waals surface area contributed by atoms with Crippen molar-refractivity contribution in [1.29, 1.82) is 0 Å². The summed E-state index contributed by atoms with van der Waals surface area (Å²) in [4.78, 5) is 27.1. The van der Waals surface area contributed by atoms with Crippen LogP contribution in [0.1, 0.15) is 12.0 Å². The molecule has 0 bridgehead atoms. The lowest BCUT2D eigenvalue weighted by atomic mass is 10.1. The van der Waals surface area contributed by atoms with Crippen molar-refractivity contribution in [3.05, 3.63) is 59.4 Å². The molecule has 0 aliphatic rings. The molecule has 1 unspecified atom stereocenters. The molecule has 0 spiro atoms. The van der Waals surface area contributed by atoms with Crippen LogP contribution in [0, 0.1) is 0 Å². The Morgan fingerprint density at radius 1 is 1.26 bits per heavy atom. The van der Waals surface area contributed by atoms with Gasteiger partial charge in [0.15, 0.2) is 0 Å². The summed E-state index contributed by atoms with van der Waals surface area (Å²) in [7, 11) is 0. The van der Waals surface area contributed by atoms with Crippen LogP contribution in [0.3, 0.4) is 0 Å². The Morgan fingerprint density at radius 2 is 2.00 bits per heavy atom. The van der Waals surface area contributed by atoms with E-state index >= 15 is 0 Å². The number of carboxylic acid groups (broad SMARTS) is 1. The summed E-state index contributed by atoms with van der Waals surface area (Å²) in [5.41, 5.74) is 1.43. The van der Waals surface area contributed by atoms with Gasteiger partial charge < -0.3 is 20.5 Å². The summed E-state index contributed by atoms with van der Waals surface area (Å²) in [5.74, 6) is -1.68. The Kier molecular flexibility index (Phi) is 6.08. The fraction of sp³-hybridized carbons (Fsp3) is 0.188. The van der Waals surface area contributed by atoms with Crippen molar-refractivity contribution < 1.29 is 20.0 Å². The Hall–Kier alpha value is -2.44. The normalized spacial score (nSPS) is 11.7. The molecule has 0 aliphatic heterocycles. The third kappa shape index (κ3) is 5.69. The molecule has 7 heteroatoms. The number of rotatable bonds is 7. The summed E-state index contributed by atoms with van der Waals surface area (Å²) in [6, 6.07) is 9.21. The van der Waals surface area contributed by atoms with Crippen molar-refractivity contribution in [3.63, 3.8) is 0 Å². The number of aromatic nitrogens is 1. The van der Waals surface area contributed by atoms with E-state index < -0.39 is 17.9 Å². The number of nitrogens with zero attached hydrogens (tertiary/aromatic N) is 1. The second-order valence-electron chi connectivity index (χ2n) is 4.99. The molecule has 0 aliphatic carbocycles. The van der Waals surface area contributed by atoms with Crippen molar-refractivity contribution in [2.45, 2.75) is 19.0 Å². The van der Waals surface area contributed by atoms with Gasteiger partial charge in [0.1, 0.15) is 12.6 Å². The maximum absolute atomic E-state index is 12.0. The molecule has 1 aromatic carbocycles. The second-order valence-corrected chi connectivity index (χ2v) is 5.42. The summed E-state index contributed by atoms with van der Waals surface area (Å²) in [5, 5.41) is 15.9. The highest BCUT2D eigenvalue weighted by molar-refractivity contribution is 6.30. The molecule has 1 aromatic heterocycles. The first-order valence-corrected chi connectivity index (χ1v) is 7.41. The zero-order valence-corrected chi connectivity index (χ0v) is 13.0. The number of aliphatic carboxylic acids is 1. The monoisotopic (exact) mass is 333 g/mol. The fourth-order valence-electron chi connectivity index (χ4n) is 2.01. The SMILES string of the molecule is O=C(CC([NH2+]Cc1cccnc1)C(=O)[O-])Nc1ccc(Cl)cc1. The average Bonchev–Trinajstić information content (AvgIpc) is 2.54. The molecule has 0 fully saturated rings. The molecule has 1 atom stereocenters. The number of hydrogen-bond donors (Lipinski definition) is 2. The number of anilines is 1. The molecule has 120 valence electrons. The van der Waals surface area contributed by atoms with Crippen molar-refractivity contribution in [3.8, 4) is 0 Å². The molecule has 2 aromatic rings. The molecular formula is C16H16ClN3O3. The van der Waals surface area contributed by atoms with Crippen LogP contribution in [-0.2, 0) is 16.1 Å². The minimum absolute atomic E-state index is 0.189. The van der Waals surface area contributed by atoms with E-state index in [1.165, 1.54) is 0 Å². The van der Waals surface area contributed by atoms with Gasteiger partial charge in [0.2, 0.25) is 5.91 Å². The molecule has 3 N–H and O–H groups in total. The van der Waals surface area contributed by atoms with Crippen molar-refractivity contribution in [2.24, 2.45) is 0 Å². The number of carbonyl (C=O) groups is 2. The van der Waals surface area contributed by atoms with E-state index in [2.05, 4.69) is 10.3 Å². The van der Waals surface area contributed by atoms with Gasteiger partial charge >= 0.3 is 0 Å². The van der Waals surface area contributed by atoms with Crippen LogP contribution in [0.5, 0.6) is 0 Å². The first-order chi connectivity index (χ1) is 11.0. The molecule has 1 heterocycles. The Morgan fingerprint density at radius 3 is 2.61 bits per heavy atom. The van der Waals surface area contributed by atoms with Gasteiger partial charge in [-0.3, -0.25) is 9.78 Å². The van der Waals surface area contributed by atoms with Gasteiger partial charge in [-0.05, 0) is 30.3 Å². The Labute approximate surface area is 138 Å². The molecule has 0 saturated carbocycles. The number of nitrogens with two attached hydrogens (primary N) is 1. The lowest BCUT2D eigenvalue weighted by Crippen LogP contribution is -2.92. The first-order valence-electron chi connectivity index (χ1n) is 7.03. The summed E-state index contributed by atoms with van der Waals surface area (Å²) < 4.78 is 0. The second kappa shape index (κ2) is 8.26. The molecule has 6 nitrogen and oxygen atoms in total. The smallest absolute Gasteiger partial charge is 0.230 e. The largest absolute Gasteiger partial charge is 0.544 e. The van der Waals surface area contributed by atoms with Gasteiger partial charge in [0, 0.05) is 28.7 Å². The standard InChI is InChI=1S/C16H16ClN3O3/c17-12-3-5-13(6-4-12)20-15(21)8-14(16(22)23)19-10-11-2-1-7-18-9-11/h1-7,9,14,19H,8,10H2,(H,20,21)(H,22,23). The van der Waals surface area contributed by atoms with Crippen LogP contribution in [-0.4, -0.2) is 22.9 Å². The maximum atomic E-state index is 12.0. The van der Waals surface area contributed by atoms with E-state index in [1.54, 1.807) is 48.0 Å².